The summed E-state index contributed by atoms with van der Waals surface area (Å²) in [6, 6.07) is 8.08. The molecule has 0 aliphatic rings. The molecule has 2 aromatic carbocycles. The Kier molecular flexibility index (Phi) is 4.53. The summed E-state index contributed by atoms with van der Waals surface area (Å²) in [5.41, 5.74) is -0.279. The van der Waals surface area contributed by atoms with Gasteiger partial charge in [-0.2, -0.15) is 13.2 Å². The Labute approximate surface area is 137 Å². The number of hydrogen-bond acceptors (Lipinski definition) is 2. The number of rotatable bonds is 2. The van der Waals surface area contributed by atoms with Gasteiger partial charge >= 0.3 is 6.18 Å². The van der Waals surface area contributed by atoms with Crippen molar-refractivity contribution in [1.29, 1.82) is 0 Å². The minimum absolute atomic E-state index is 0.0551. The van der Waals surface area contributed by atoms with E-state index in [1.165, 1.54) is 6.07 Å². The lowest BCUT2D eigenvalue weighted by Gasteiger charge is -2.20. The van der Waals surface area contributed by atoms with Gasteiger partial charge in [-0.1, -0.05) is 38.4 Å². The number of phenols is 1. The van der Waals surface area contributed by atoms with Crippen molar-refractivity contribution in [3.8, 4) is 17.2 Å². The van der Waals surface area contributed by atoms with Crippen LogP contribution in [-0.4, -0.2) is 5.11 Å². The number of halogens is 4. The number of alkyl halides is 3. The maximum Gasteiger partial charge on any atom is 0.420 e. The summed E-state index contributed by atoms with van der Waals surface area (Å²) in [7, 11) is 0. The highest BCUT2D eigenvalue weighted by Crippen LogP contribution is 2.40. The highest BCUT2D eigenvalue weighted by molar-refractivity contribution is 6.32. The normalized spacial score (nSPS) is 12.3. The van der Waals surface area contributed by atoms with Gasteiger partial charge in [0.1, 0.15) is 22.8 Å². The molecule has 0 radical (unpaired) electrons. The molecule has 0 fully saturated rings. The van der Waals surface area contributed by atoms with Gasteiger partial charge in [0.05, 0.1) is 5.02 Å². The van der Waals surface area contributed by atoms with Gasteiger partial charge in [-0.3, -0.25) is 0 Å². The molecule has 2 nitrogen and oxygen atoms in total. The highest BCUT2D eigenvalue weighted by atomic mass is 35.5. The molecule has 0 atom stereocenters. The van der Waals surface area contributed by atoms with Gasteiger partial charge in [0, 0.05) is 0 Å². The van der Waals surface area contributed by atoms with E-state index in [1.54, 1.807) is 12.1 Å². The van der Waals surface area contributed by atoms with Crippen LogP contribution in [0.3, 0.4) is 0 Å². The van der Waals surface area contributed by atoms with E-state index in [-0.39, 0.29) is 16.9 Å². The summed E-state index contributed by atoms with van der Waals surface area (Å²) in [5, 5.41) is 9.62. The summed E-state index contributed by atoms with van der Waals surface area (Å²) < 4.78 is 43.8. The largest absolute Gasteiger partial charge is 0.507 e. The van der Waals surface area contributed by atoms with Crippen LogP contribution in [-0.2, 0) is 11.6 Å². The molecule has 0 amide bonds. The third kappa shape index (κ3) is 4.10. The Hall–Kier alpha value is -1.88. The average molecular weight is 345 g/mol. The second-order valence-electron chi connectivity index (χ2n) is 6.17. The van der Waals surface area contributed by atoms with Gasteiger partial charge in [0.15, 0.2) is 0 Å². The molecule has 0 aliphatic heterocycles. The van der Waals surface area contributed by atoms with E-state index in [2.05, 4.69) is 0 Å². The van der Waals surface area contributed by atoms with E-state index < -0.39 is 17.5 Å². The number of aromatic hydroxyl groups is 1. The van der Waals surface area contributed by atoms with Crippen molar-refractivity contribution in [2.75, 3.05) is 0 Å². The summed E-state index contributed by atoms with van der Waals surface area (Å²) in [6.07, 6.45) is -4.66. The van der Waals surface area contributed by atoms with Crippen LogP contribution < -0.4 is 4.74 Å². The molecule has 0 unspecified atom stereocenters. The predicted octanol–water partition coefficient (Wildman–Crippen LogP) is 6.15. The van der Waals surface area contributed by atoms with Gasteiger partial charge in [0.25, 0.3) is 0 Å². The summed E-state index contributed by atoms with van der Waals surface area (Å²) in [6.45, 7) is 6.07. The average Bonchev–Trinajstić information content (AvgIpc) is 2.40. The quantitative estimate of drug-likeness (QED) is 0.707. The number of hydrogen-bond donors (Lipinski definition) is 1. The molecule has 2 rings (SSSR count). The molecular formula is C17H16ClF3O2. The third-order valence-corrected chi connectivity index (χ3v) is 3.59. The first kappa shape index (κ1) is 17.5. The molecule has 1 N–H and O–H groups in total. The molecular weight excluding hydrogens is 329 g/mol. The van der Waals surface area contributed by atoms with Crippen LogP contribution in [0, 0.1) is 0 Å². The molecule has 0 aromatic heterocycles. The third-order valence-electron chi connectivity index (χ3n) is 3.30. The van der Waals surface area contributed by atoms with Crippen LogP contribution in [0.25, 0.3) is 0 Å². The van der Waals surface area contributed by atoms with Gasteiger partial charge in [-0.05, 0) is 41.3 Å². The molecule has 0 saturated heterocycles. The van der Waals surface area contributed by atoms with Crippen LogP contribution in [0.4, 0.5) is 13.2 Å². The maximum absolute atomic E-state index is 12.8. The van der Waals surface area contributed by atoms with Crippen LogP contribution in [0.1, 0.15) is 31.9 Å². The molecule has 0 spiro atoms. The van der Waals surface area contributed by atoms with Crippen molar-refractivity contribution in [2.24, 2.45) is 0 Å². The Morgan fingerprint density at radius 3 is 2.17 bits per heavy atom. The SMILES string of the molecule is CC(C)(C)c1ccc(Oc2ccc(O)c(C(F)(F)F)c2)c(Cl)c1. The zero-order valence-electron chi connectivity index (χ0n) is 12.8. The first-order valence-corrected chi connectivity index (χ1v) is 7.24. The van der Waals surface area contributed by atoms with Crippen LogP contribution in [0.15, 0.2) is 36.4 Å². The Bertz CT molecular complexity index is 719. The van der Waals surface area contributed by atoms with Crippen molar-refractivity contribution >= 4 is 11.6 Å². The van der Waals surface area contributed by atoms with Crippen molar-refractivity contribution in [3.05, 3.63) is 52.5 Å². The monoisotopic (exact) mass is 344 g/mol. The highest BCUT2D eigenvalue weighted by Gasteiger charge is 2.34. The molecule has 0 heterocycles. The van der Waals surface area contributed by atoms with Gasteiger partial charge in [-0.15, -0.1) is 0 Å². The van der Waals surface area contributed by atoms with Crippen LogP contribution in [0.5, 0.6) is 17.2 Å². The van der Waals surface area contributed by atoms with Crippen molar-refractivity contribution in [3.63, 3.8) is 0 Å². The Balaban J connectivity index is 2.33. The van der Waals surface area contributed by atoms with Gasteiger partial charge in [-0.25, -0.2) is 0 Å². The Morgan fingerprint density at radius 1 is 1.00 bits per heavy atom. The van der Waals surface area contributed by atoms with E-state index in [0.717, 1.165) is 17.7 Å². The number of ether oxygens (including phenoxy) is 1. The zero-order valence-corrected chi connectivity index (χ0v) is 13.6. The van der Waals surface area contributed by atoms with E-state index >= 15 is 0 Å². The van der Waals surface area contributed by atoms with Crippen molar-refractivity contribution in [2.45, 2.75) is 32.4 Å². The molecule has 0 saturated carbocycles. The lowest BCUT2D eigenvalue weighted by molar-refractivity contribution is -0.138. The smallest absolute Gasteiger partial charge is 0.420 e. The van der Waals surface area contributed by atoms with E-state index in [1.807, 2.05) is 26.8 Å². The van der Waals surface area contributed by atoms with E-state index in [9.17, 15) is 18.3 Å². The van der Waals surface area contributed by atoms with Gasteiger partial charge in [0.2, 0.25) is 0 Å². The Morgan fingerprint density at radius 2 is 1.65 bits per heavy atom. The first-order valence-electron chi connectivity index (χ1n) is 6.86. The molecule has 23 heavy (non-hydrogen) atoms. The van der Waals surface area contributed by atoms with Gasteiger partial charge < -0.3 is 9.84 Å². The number of benzene rings is 2. The molecule has 2 aromatic rings. The fourth-order valence-electron chi connectivity index (χ4n) is 1.98. The molecule has 0 aliphatic carbocycles. The second kappa shape index (κ2) is 5.96. The van der Waals surface area contributed by atoms with Crippen LogP contribution in [0.2, 0.25) is 5.02 Å². The van der Waals surface area contributed by atoms with Crippen molar-refractivity contribution < 1.29 is 23.0 Å². The van der Waals surface area contributed by atoms with E-state index in [0.29, 0.717) is 5.02 Å². The fourth-order valence-corrected chi connectivity index (χ4v) is 2.20. The van der Waals surface area contributed by atoms with Crippen LogP contribution >= 0.6 is 11.6 Å². The minimum atomic E-state index is -4.66. The molecule has 124 valence electrons. The molecule has 6 heteroatoms. The summed E-state index contributed by atoms with van der Waals surface area (Å²) in [4.78, 5) is 0. The predicted molar refractivity (Wildman–Crippen MR) is 83.3 cm³/mol. The first-order chi connectivity index (χ1) is 10.5. The zero-order chi connectivity index (χ0) is 17.4. The van der Waals surface area contributed by atoms with E-state index in [4.69, 9.17) is 16.3 Å². The lowest BCUT2D eigenvalue weighted by Crippen LogP contribution is -2.10. The standard InChI is InChI=1S/C17H16ClF3O2/c1-16(2,3)10-4-7-15(13(18)8-10)23-11-5-6-14(22)12(9-11)17(19,20)21/h4-9,22H,1-3H3. The minimum Gasteiger partial charge on any atom is -0.507 e. The lowest BCUT2D eigenvalue weighted by atomic mass is 9.87. The maximum atomic E-state index is 12.8. The second-order valence-corrected chi connectivity index (χ2v) is 6.58. The molecule has 0 bridgehead atoms. The van der Waals surface area contributed by atoms with Crippen molar-refractivity contribution in [1.82, 2.24) is 0 Å². The number of phenolic OH excluding ortho intramolecular Hbond substituents is 1. The fraction of sp³-hybridized carbons (Fsp3) is 0.294. The topological polar surface area (TPSA) is 29.5 Å². The summed E-state index contributed by atoms with van der Waals surface area (Å²) in [5.74, 6) is -0.655. The summed E-state index contributed by atoms with van der Waals surface area (Å²) >= 11 is 6.15.